The molecule has 0 radical (unpaired) electrons. The van der Waals surface area contributed by atoms with Gasteiger partial charge in [0.1, 0.15) is 30.1 Å². The number of nitrogens with zero attached hydrogens (tertiary/aromatic N) is 1. The van der Waals surface area contributed by atoms with Crippen LogP contribution < -0.4 is 10.9 Å². The van der Waals surface area contributed by atoms with E-state index >= 15 is 0 Å². The van der Waals surface area contributed by atoms with E-state index in [0.717, 1.165) is 18.2 Å². The molecule has 0 fully saturated rings. The number of fused-ring (bicyclic) bond motifs is 2. The standard InChI is InChI=1S/C27H19F3N2O4/c28-17-5-7-22(30)20(12-17)16-2-6-19-21(11-16)27(35)36-24(19)9-10-31-25(33)14-32-23-13-18(29)4-1-15(23)3-8-26(32)34/h1-8,11-13,24H,9-10,14H2,(H,31,33). The monoisotopic (exact) mass is 492 g/mol. The smallest absolute Gasteiger partial charge is 0.339 e. The van der Waals surface area contributed by atoms with Gasteiger partial charge in [-0.2, -0.15) is 0 Å². The van der Waals surface area contributed by atoms with Gasteiger partial charge in [0.05, 0.1) is 11.1 Å². The van der Waals surface area contributed by atoms with Gasteiger partial charge in [-0.25, -0.2) is 18.0 Å². The van der Waals surface area contributed by atoms with Crippen molar-refractivity contribution in [1.82, 2.24) is 9.88 Å². The van der Waals surface area contributed by atoms with Gasteiger partial charge in [0.15, 0.2) is 0 Å². The second kappa shape index (κ2) is 9.33. The number of benzene rings is 3. The molecule has 1 amide bonds. The van der Waals surface area contributed by atoms with E-state index in [4.69, 9.17) is 4.74 Å². The SMILES string of the molecule is O=C(Cn1c(=O)ccc2ccc(F)cc21)NCCC1OC(=O)c2cc(-c3cc(F)ccc3F)ccc21. The normalized spacial score (nSPS) is 14.5. The average molecular weight is 492 g/mol. The van der Waals surface area contributed by atoms with Crippen LogP contribution in [-0.4, -0.2) is 23.0 Å². The third kappa shape index (κ3) is 4.47. The predicted octanol–water partition coefficient (Wildman–Crippen LogP) is 4.50. The molecule has 1 atom stereocenters. The zero-order valence-electron chi connectivity index (χ0n) is 18.8. The first-order chi connectivity index (χ1) is 17.3. The van der Waals surface area contributed by atoms with E-state index in [9.17, 15) is 27.6 Å². The van der Waals surface area contributed by atoms with Gasteiger partial charge < -0.3 is 10.1 Å². The number of cyclic esters (lactones) is 1. The van der Waals surface area contributed by atoms with Crippen molar-refractivity contribution in [3.05, 3.63) is 106 Å². The van der Waals surface area contributed by atoms with Gasteiger partial charge in [-0.15, -0.1) is 0 Å². The Bertz CT molecular complexity index is 1580. The summed E-state index contributed by atoms with van der Waals surface area (Å²) in [4.78, 5) is 37.2. The van der Waals surface area contributed by atoms with Crippen LogP contribution in [0.25, 0.3) is 22.0 Å². The summed E-state index contributed by atoms with van der Waals surface area (Å²) in [6.45, 7) is -0.159. The van der Waals surface area contributed by atoms with Crippen molar-refractivity contribution in [2.24, 2.45) is 0 Å². The second-order valence-electron chi connectivity index (χ2n) is 8.42. The number of nitrogens with one attached hydrogen (secondary N) is 1. The van der Waals surface area contributed by atoms with E-state index in [1.165, 1.54) is 34.9 Å². The van der Waals surface area contributed by atoms with E-state index in [2.05, 4.69) is 5.32 Å². The Labute approximate surface area is 202 Å². The van der Waals surface area contributed by atoms with Crippen LogP contribution in [0.15, 0.2) is 71.5 Å². The van der Waals surface area contributed by atoms with Gasteiger partial charge in [0.25, 0.3) is 5.56 Å². The summed E-state index contributed by atoms with van der Waals surface area (Å²) in [6, 6.07) is 14.6. The molecule has 5 rings (SSSR count). The quantitative estimate of drug-likeness (QED) is 0.402. The Hall–Kier alpha value is -4.40. The van der Waals surface area contributed by atoms with Crippen molar-refractivity contribution in [1.29, 1.82) is 0 Å². The Kier molecular flexibility index (Phi) is 6.05. The Morgan fingerprint density at radius 2 is 1.64 bits per heavy atom. The maximum atomic E-state index is 14.1. The molecule has 36 heavy (non-hydrogen) atoms. The highest BCUT2D eigenvalue weighted by Gasteiger charge is 2.31. The Balaban J connectivity index is 1.26. The molecule has 1 aromatic heterocycles. The number of carbonyl (C=O) groups is 2. The van der Waals surface area contributed by atoms with E-state index in [1.54, 1.807) is 18.2 Å². The summed E-state index contributed by atoms with van der Waals surface area (Å²) in [5.74, 6) is -2.79. The maximum Gasteiger partial charge on any atom is 0.339 e. The highest BCUT2D eigenvalue weighted by atomic mass is 19.1. The molecule has 3 aromatic carbocycles. The van der Waals surface area contributed by atoms with Crippen molar-refractivity contribution in [2.75, 3.05) is 6.54 Å². The molecule has 1 aliphatic heterocycles. The molecule has 0 spiro atoms. The molecule has 6 nitrogen and oxygen atoms in total. The second-order valence-corrected chi connectivity index (χ2v) is 8.42. The predicted molar refractivity (Wildman–Crippen MR) is 126 cm³/mol. The fourth-order valence-corrected chi connectivity index (χ4v) is 4.34. The lowest BCUT2D eigenvalue weighted by Gasteiger charge is -2.13. The number of hydrogen-bond donors (Lipinski definition) is 1. The lowest BCUT2D eigenvalue weighted by Crippen LogP contribution is -2.33. The fourth-order valence-electron chi connectivity index (χ4n) is 4.34. The van der Waals surface area contributed by atoms with Crippen molar-refractivity contribution in [3.63, 3.8) is 0 Å². The lowest BCUT2D eigenvalue weighted by molar-refractivity contribution is -0.121. The molecule has 1 aliphatic rings. The van der Waals surface area contributed by atoms with E-state index in [0.29, 0.717) is 22.0 Å². The first-order valence-corrected chi connectivity index (χ1v) is 11.2. The van der Waals surface area contributed by atoms with Gasteiger partial charge in [-0.05, 0) is 59.5 Å². The van der Waals surface area contributed by atoms with Crippen LogP contribution >= 0.6 is 0 Å². The number of rotatable bonds is 6. The topological polar surface area (TPSA) is 77.4 Å². The van der Waals surface area contributed by atoms with Crippen molar-refractivity contribution in [3.8, 4) is 11.1 Å². The molecule has 0 saturated heterocycles. The van der Waals surface area contributed by atoms with Crippen LogP contribution in [0.5, 0.6) is 0 Å². The minimum Gasteiger partial charge on any atom is -0.454 e. The number of pyridine rings is 1. The van der Waals surface area contributed by atoms with Crippen LogP contribution in [0.4, 0.5) is 13.2 Å². The zero-order valence-corrected chi connectivity index (χ0v) is 18.8. The number of ether oxygens (including phenoxy) is 1. The molecule has 1 N–H and O–H groups in total. The van der Waals surface area contributed by atoms with Crippen LogP contribution in [0.2, 0.25) is 0 Å². The van der Waals surface area contributed by atoms with Crippen LogP contribution in [0.1, 0.15) is 28.4 Å². The van der Waals surface area contributed by atoms with Gasteiger partial charge in [-0.1, -0.05) is 12.1 Å². The highest BCUT2D eigenvalue weighted by Crippen LogP contribution is 2.36. The van der Waals surface area contributed by atoms with Crippen molar-refractivity contribution in [2.45, 2.75) is 19.1 Å². The van der Waals surface area contributed by atoms with Gasteiger partial charge >= 0.3 is 5.97 Å². The number of halogens is 3. The number of carbonyl (C=O) groups excluding carboxylic acids is 2. The Morgan fingerprint density at radius 1 is 0.889 bits per heavy atom. The molecule has 0 aliphatic carbocycles. The molecule has 0 bridgehead atoms. The van der Waals surface area contributed by atoms with Gasteiger partial charge in [0.2, 0.25) is 5.91 Å². The molecular formula is C27H19F3N2O4. The summed E-state index contributed by atoms with van der Waals surface area (Å²) in [7, 11) is 0. The minimum absolute atomic E-state index is 0.0323. The minimum atomic E-state index is -0.631. The number of amides is 1. The summed E-state index contributed by atoms with van der Waals surface area (Å²) in [5, 5.41) is 3.31. The fraction of sp³-hybridized carbons (Fsp3) is 0.148. The van der Waals surface area contributed by atoms with Crippen LogP contribution in [-0.2, 0) is 16.1 Å². The van der Waals surface area contributed by atoms with E-state index < -0.39 is 41.0 Å². The lowest BCUT2D eigenvalue weighted by atomic mass is 9.96. The van der Waals surface area contributed by atoms with Crippen LogP contribution in [0, 0.1) is 17.5 Å². The summed E-state index contributed by atoms with van der Waals surface area (Å²) < 4.78 is 48.0. The highest BCUT2D eigenvalue weighted by molar-refractivity contribution is 5.95. The van der Waals surface area contributed by atoms with Gasteiger partial charge in [-0.3, -0.25) is 14.2 Å². The largest absolute Gasteiger partial charge is 0.454 e. The Morgan fingerprint density at radius 3 is 2.47 bits per heavy atom. The third-order valence-corrected chi connectivity index (χ3v) is 6.09. The molecule has 9 heteroatoms. The van der Waals surface area contributed by atoms with Gasteiger partial charge in [0, 0.05) is 30.2 Å². The van der Waals surface area contributed by atoms with Crippen molar-refractivity contribution >= 4 is 22.8 Å². The molecule has 4 aromatic rings. The first-order valence-electron chi connectivity index (χ1n) is 11.2. The zero-order chi connectivity index (χ0) is 25.4. The number of aromatic nitrogens is 1. The number of hydrogen-bond acceptors (Lipinski definition) is 4. The maximum absolute atomic E-state index is 14.1. The van der Waals surface area contributed by atoms with Crippen LogP contribution in [0.3, 0.4) is 0 Å². The molecule has 182 valence electrons. The first kappa shape index (κ1) is 23.3. The average Bonchev–Trinajstić information content (AvgIpc) is 3.17. The van der Waals surface area contributed by atoms with Crippen molar-refractivity contribution < 1.29 is 27.5 Å². The molecule has 1 unspecified atom stereocenters. The molecular weight excluding hydrogens is 473 g/mol. The summed E-state index contributed by atoms with van der Waals surface area (Å²) >= 11 is 0. The summed E-state index contributed by atoms with van der Waals surface area (Å²) in [6.07, 6.45) is -0.370. The molecule has 2 heterocycles. The third-order valence-electron chi connectivity index (χ3n) is 6.09. The molecule has 0 saturated carbocycles. The van der Waals surface area contributed by atoms with E-state index in [-0.39, 0.29) is 30.6 Å². The number of esters is 1. The van der Waals surface area contributed by atoms with E-state index in [1.807, 2.05) is 0 Å². The summed E-state index contributed by atoms with van der Waals surface area (Å²) in [5.41, 5.74) is 1.07.